The van der Waals surface area contributed by atoms with Gasteiger partial charge >= 0.3 is 0 Å². The van der Waals surface area contributed by atoms with Crippen LogP contribution < -0.4 is 0 Å². The summed E-state index contributed by atoms with van der Waals surface area (Å²) in [5, 5.41) is 0. The molecule has 0 heterocycles. The van der Waals surface area contributed by atoms with E-state index in [0.29, 0.717) is 21.7 Å². The average molecular weight is 946 g/mol. The molecule has 0 heteroatoms. The molecule has 0 nitrogen and oxygen atoms in total. The second kappa shape index (κ2) is 31.3. The van der Waals surface area contributed by atoms with Gasteiger partial charge in [-0.1, -0.05) is 251 Å². The van der Waals surface area contributed by atoms with Crippen molar-refractivity contribution in [2.45, 2.75) is 316 Å². The zero-order chi connectivity index (χ0) is 50.4. The molecule has 6 aliphatic rings. The zero-order valence-corrected chi connectivity index (χ0v) is 49.9. The summed E-state index contributed by atoms with van der Waals surface area (Å²) in [6.07, 6.45) is 56.1. The van der Waals surface area contributed by atoms with Gasteiger partial charge in [0.15, 0.2) is 0 Å². The van der Waals surface area contributed by atoms with Gasteiger partial charge in [-0.2, -0.15) is 0 Å². The molecule has 0 saturated heterocycles. The Labute approximate surface area is 431 Å². The highest BCUT2D eigenvalue weighted by Gasteiger charge is 2.52. The Kier molecular flexibility index (Phi) is 28.4. The van der Waals surface area contributed by atoms with Crippen molar-refractivity contribution < 1.29 is 0 Å². The molecule has 68 heavy (non-hydrogen) atoms. The van der Waals surface area contributed by atoms with E-state index in [1.807, 2.05) is 0 Å². The van der Waals surface area contributed by atoms with Crippen LogP contribution in [0.5, 0.6) is 0 Å². The van der Waals surface area contributed by atoms with E-state index in [4.69, 9.17) is 0 Å². The van der Waals surface area contributed by atoms with Gasteiger partial charge in [-0.25, -0.2) is 0 Å². The van der Waals surface area contributed by atoms with E-state index in [0.717, 1.165) is 59.2 Å². The normalized spacial score (nSPS) is 30.2. The first-order valence-electron chi connectivity index (χ1n) is 31.4. The molecule has 0 aliphatic heterocycles. The predicted molar refractivity (Wildman–Crippen MR) is 308 cm³/mol. The third-order valence-corrected chi connectivity index (χ3v) is 17.9. The van der Waals surface area contributed by atoms with Gasteiger partial charge in [-0.3, -0.25) is 0 Å². The molecule has 0 N–H and O–H groups in total. The number of hydrogen-bond donors (Lipinski definition) is 0. The molecular formula is C68H128. The quantitative estimate of drug-likeness (QED) is 0.0497. The second-order valence-electron chi connectivity index (χ2n) is 29.9. The molecule has 6 fully saturated rings. The molecule has 6 rings (SSSR count). The van der Waals surface area contributed by atoms with Gasteiger partial charge in [0.05, 0.1) is 0 Å². The predicted octanol–water partition coefficient (Wildman–Crippen LogP) is 23.3. The number of unbranched alkanes of at least 4 members (excludes halogenated alkanes) is 8. The SMILES string of the molecule is CCC1CC1C1CC1C/C=C\CCC(C)(C)C.CCC1CC1C1CC1CCCCCC(C)(C)C.CCCCCC1CC1C/C=C\CCC(C)(C)C.CCCCCC1CC1CCCCCC(C)(C)C. The lowest BCUT2D eigenvalue weighted by atomic mass is 9.89. The van der Waals surface area contributed by atoms with E-state index >= 15 is 0 Å². The first-order valence-corrected chi connectivity index (χ1v) is 31.4. The molecule has 0 spiro atoms. The van der Waals surface area contributed by atoms with Crippen molar-refractivity contribution in [1.29, 1.82) is 0 Å². The van der Waals surface area contributed by atoms with Crippen LogP contribution in [0.25, 0.3) is 0 Å². The lowest BCUT2D eigenvalue weighted by Crippen LogP contribution is -2.03. The smallest absolute Gasteiger partial charge is 0.0319 e. The highest BCUT2D eigenvalue weighted by Crippen LogP contribution is 2.61. The van der Waals surface area contributed by atoms with Gasteiger partial charge in [0.1, 0.15) is 0 Å². The third kappa shape index (κ3) is 31.2. The Morgan fingerprint density at radius 1 is 0.294 bits per heavy atom. The van der Waals surface area contributed by atoms with E-state index in [-0.39, 0.29) is 0 Å². The van der Waals surface area contributed by atoms with Crippen LogP contribution in [0.15, 0.2) is 24.3 Å². The van der Waals surface area contributed by atoms with Crippen LogP contribution in [0.4, 0.5) is 0 Å². The van der Waals surface area contributed by atoms with E-state index in [2.05, 4.69) is 135 Å². The largest absolute Gasteiger partial charge is 0.0885 e. The minimum Gasteiger partial charge on any atom is -0.0885 e. The Morgan fingerprint density at radius 2 is 0.618 bits per heavy atom. The molecule has 12 unspecified atom stereocenters. The van der Waals surface area contributed by atoms with E-state index in [1.165, 1.54) is 185 Å². The summed E-state index contributed by atoms with van der Waals surface area (Å²) in [6.45, 7) is 37.5. The first kappa shape index (κ1) is 61.8. The van der Waals surface area contributed by atoms with Crippen LogP contribution in [0.1, 0.15) is 316 Å². The molecule has 6 saturated carbocycles. The van der Waals surface area contributed by atoms with Crippen LogP contribution in [0.3, 0.4) is 0 Å². The zero-order valence-electron chi connectivity index (χ0n) is 49.9. The van der Waals surface area contributed by atoms with Crippen molar-refractivity contribution in [2.24, 2.45) is 92.7 Å². The molecule has 0 bridgehead atoms. The summed E-state index contributed by atoms with van der Waals surface area (Å²) in [4.78, 5) is 0. The number of rotatable bonds is 30. The van der Waals surface area contributed by atoms with Gasteiger partial charge in [0, 0.05) is 0 Å². The Bertz CT molecular complexity index is 1320. The van der Waals surface area contributed by atoms with Crippen molar-refractivity contribution in [3.63, 3.8) is 0 Å². The summed E-state index contributed by atoms with van der Waals surface area (Å²) >= 11 is 0. The molecule has 6 aliphatic carbocycles. The van der Waals surface area contributed by atoms with Crippen molar-refractivity contribution in [2.75, 3.05) is 0 Å². The highest BCUT2D eigenvalue weighted by atomic mass is 14.6. The summed E-state index contributed by atoms with van der Waals surface area (Å²) in [6, 6.07) is 0. The van der Waals surface area contributed by atoms with Crippen molar-refractivity contribution in [3.8, 4) is 0 Å². The number of allylic oxidation sites excluding steroid dienone is 4. The average Bonchev–Trinajstić information content (AvgIpc) is 4.00. The van der Waals surface area contributed by atoms with Crippen LogP contribution in [-0.4, -0.2) is 0 Å². The molecular weight excluding hydrogens is 817 g/mol. The summed E-state index contributed by atoms with van der Waals surface area (Å²) in [5.74, 6) is 13.4. The van der Waals surface area contributed by atoms with Crippen molar-refractivity contribution >= 4 is 0 Å². The van der Waals surface area contributed by atoms with Crippen molar-refractivity contribution in [3.05, 3.63) is 24.3 Å². The molecule has 0 aromatic rings. The Hall–Kier alpha value is -0.520. The standard InChI is InChI=1S/C17H32.C17H30.C17H34.C17H32/c2*1-5-13-11-15(13)16-12-14(16)9-7-6-8-10-17(2,3)4;2*1-5-6-8-11-15-14-16(15)12-9-7-10-13-17(2,3)4/h13-16H,5-12H2,1-4H3;6-7,13-16H,5,8-12H2,1-4H3;15-16H,5-14H2,1-4H3;7,9,15-16H,5-6,8,10-14H2,1-4H3/b;7-6-;;9-7-. The van der Waals surface area contributed by atoms with Gasteiger partial charge < -0.3 is 0 Å². The maximum Gasteiger partial charge on any atom is -0.0319 e. The molecule has 400 valence electrons. The third-order valence-electron chi connectivity index (χ3n) is 17.9. The van der Waals surface area contributed by atoms with E-state index < -0.39 is 0 Å². The van der Waals surface area contributed by atoms with E-state index in [1.54, 1.807) is 32.1 Å². The summed E-state index contributed by atoms with van der Waals surface area (Å²) in [5.41, 5.74) is 2.08. The maximum absolute atomic E-state index is 2.46. The number of hydrogen-bond acceptors (Lipinski definition) is 0. The van der Waals surface area contributed by atoms with Crippen LogP contribution >= 0.6 is 0 Å². The fourth-order valence-corrected chi connectivity index (χ4v) is 12.3. The fraction of sp³-hybridized carbons (Fsp3) is 0.941. The second-order valence-corrected chi connectivity index (χ2v) is 29.9. The highest BCUT2D eigenvalue weighted by molar-refractivity contribution is 5.04. The monoisotopic (exact) mass is 945 g/mol. The summed E-state index contributed by atoms with van der Waals surface area (Å²) < 4.78 is 0. The fourth-order valence-electron chi connectivity index (χ4n) is 12.3. The topological polar surface area (TPSA) is 0 Å². The first-order chi connectivity index (χ1) is 32.1. The van der Waals surface area contributed by atoms with Crippen LogP contribution in [-0.2, 0) is 0 Å². The molecule has 0 radical (unpaired) electrons. The lowest BCUT2D eigenvalue weighted by Gasteiger charge is -2.17. The van der Waals surface area contributed by atoms with Gasteiger partial charge in [0.2, 0.25) is 0 Å². The van der Waals surface area contributed by atoms with Gasteiger partial charge in [0.25, 0.3) is 0 Å². The van der Waals surface area contributed by atoms with E-state index in [9.17, 15) is 0 Å². The Balaban J connectivity index is 0.000000240. The van der Waals surface area contributed by atoms with Crippen LogP contribution in [0.2, 0.25) is 0 Å². The molecule has 0 amide bonds. The van der Waals surface area contributed by atoms with Gasteiger partial charge in [-0.15, -0.1) is 0 Å². The van der Waals surface area contributed by atoms with Crippen LogP contribution in [0, 0.1) is 92.7 Å². The molecule has 12 atom stereocenters. The maximum atomic E-state index is 2.46. The summed E-state index contributed by atoms with van der Waals surface area (Å²) in [7, 11) is 0. The molecule has 0 aromatic heterocycles. The van der Waals surface area contributed by atoms with Gasteiger partial charge in [-0.05, 0) is 183 Å². The minimum absolute atomic E-state index is 0.493. The molecule has 0 aromatic carbocycles. The lowest BCUT2D eigenvalue weighted by molar-refractivity contribution is 0.355. The van der Waals surface area contributed by atoms with Crippen molar-refractivity contribution in [1.82, 2.24) is 0 Å². The Morgan fingerprint density at radius 3 is 1.01 bits per heavy atom. The minimum atomic E-state index is 0.493.